The van der Waals surface area contributed by atoms with Crippen LogP contribution in [0.25, 0.3) is 17.2 Å². The van der Waals surface area contributed by atoms with Crippen LogP contribution in [0.2, 0.25) is 0 Å². The predicted molar refractivity (Wildman–Crippen MR) is 125 cm³/mol. The molecule has 1 aliphatic carbocycles. The number of aromatic nitrogens is 2. The molecule has 1 aliphatic heterocycles. The van der Waals surface area contributed by atoms with Crippen LogP contribution in [0.5, 0.6) is 0 Å². The number of anilines is 1. The molecule has 5 rings (SSSR count). The van der Waals surface area contributed by atoms with E-state index in [4.69, 9.17) is 5.11 Å². The molecule has 0 bridgehead atoms. The lowest BCUT2D eigenvalue weighted by atomic mass is 9.73. The van der Waals surface area contributed by atoms with Gasteiger partial charge in [-0.2, -0.15) is 0 Å². The molecule has 3 aromatic rings. The number of carboxylic acid groups (broad SMARTS) is 1. The Balaban J connectivity index is 1.69. The highest BCUT2D eigenvalue weighted by Gasteiger charge is 2.29. The molecule has 166 valence electrons. The van der Waals surface area contributed by atoms with Crippen molar-refractivity contribution in [3.05, 3.63) is 95.1 Å². The smallest absolute Gasteiger partial charge is 0.328 e. The summed E-state index contributed by atoms with van der Waals surface area (Å²) in [5.74, 6) is -0.350. The van der Waals surface area contributed by atoms with E-state index in [9.17, 15) is 9.18 Å². The minimum atomic E-state index is -1.29. The molecule has 33 heavy (non-hydrogen) atoms. The maximum absolute atomic E-state index is 14.5. The summed E-state index contributed by atoms with van der Waals surface area (Å²) in [6.07, 6.45) is 7.86. The van der Waals surface area contributed by atoms with Crippen molar-refractivity contribution in [1.82, 2.24) is 15.4 Å². The number of carboxylic acids is 1. The molecule has 1 aromatic heterocycles. The zero-order valence-electron chi connectivity index (χ0n) is 17.8. The second-order valence-corrected chi connectivity index (χ2v) is 8.22. The second-order valence-electron chi connectivity index (χ2n) is 8.22. The average molecular weight is 442 g/mol. The monoisotopic (exact) mass is 442 g/mol. The third-order valence-electron chi connectivity index (χ3n) is 6.15. The second kappa shape index (κ2) is 8.96. The van der Waals surface area contributed by atoms with E-state index in [1.54, 1.807) is 12.4 Å². The fraction of sp³-hybridized carbons (Fsp3) is 0.192. The molecule has 1 atom stereocenters. The Hall–Kier alpha value is -3.84. The van der Waals surface area contributed by atoms with E-state index in [2.05, 4.69) is 33.0 Å². The number of carbonyl (C=O) groups is 1. The van der Waals surface area contributed by atoms with Crippen molar-refractivity contribution in [2.75, 3.05) is 5.43 Å². The summed E-state index contributed by atoms with van der Waals surface area (Å²) < 4.78 is 14.5. The van der Waals surface area contributed by atoms with Gasteiger partial charge in [-0.1, -0.05) is 42.8 Å². The molecule has 1 saturated carbocycles. The zero-order chi connectivity index (χ0) is 22.8. The minimum absolute atomic E-state index is 0.316. The lowest BCUT2D eigenvalue weighted by Gasteiger charge is -2.31. The summed E-state index contributed by atoms with van der Waals surface area (Å²) in [5, 5.41) is 8.87. The highest BCUT2D eigenvalue weighted by molar-refractivity contribution is 5.99. The molecule has 6 nitrogen and oxygen atoms in total. The number of nitrogens with one attached hydrogen (secondary N) is 2. The fourth-order valence-electron chi connectivity index (χ4n) is 4.34. The first kappa shape index (κ1) is 21.0. The van der Waals surface area contributed by atoms with Crippen LogP contribution in [0.4, 0.5) is 10.1 Å². The van der Waals surface area contributed by atoms with E-state index in [0.29, 0.717) is 17.3 Å². The third-order valence-corrected chi connectivity index (χ3v) is 6.15. The Morgan fingerprint density at radius 1 is 1.03 bits per heavy atom. The summed E-state index contributed by atoms with van der Waals surface area (Å²) >= 11 is 0. The fourth-order valence-corrected chi connectivity index (χ4v) is 4.34. The van der Waals surface area contributed by atoms with Crippen molar-refractivity contribution in [3.63, 3.8) is 0 Å². The lowest BCUT2D eigenvalue weighted by molar-refractivity contribution is -0.131. The first-order chi connectivity index (χ1) is 16.1. The molecule has 0 spiro atoms. The Morgan fingerprint density at radius 3 is 2.45 bits per heavy atom. The van der Waals surface area contributed by atoms with Crippen LogP contribution in [-0.4, -0.2) is 21.0 Å². The van der Waals surface area contributed by atoms with Crippen molar-refractivity contribution >= 4 is 28.9 Å². The topological polar surface area (TPSA) is 87.1 Å². The van der Waals surface area contributed by atoms with Gasteiger partial charge in [0.2, 0.25) is 0 Å². The minimum Gasteiger partial charge on any atom is -0.478 e. The number of rotatable bonds is 6. The number of fused-ring (bicyclic) bond motifs is 1. The number of hydrogen-bond donors (Lipinski definition) is 3. The molecule has 2 aromatic carbocycles. The van der Waals surface area contributed by atoms with Crippen LogP contribution in [0, 0.1) is 5.92 Å². The van der Waals surface area contributed by atoms with Crippen molar-refractivity contribution in [1.29, 1.82) is 0 Å². The Kier molecular flexibility index (Phi) is 5.71. The third kappa shape index (κ3) is 4.27. The van der Waals surface area contributed by atoms with Crippen LogP contribution < -0.4 is 10.9 Å². The van der Waals surface area contributed by atoms with E-state index >= 15 is 0 Å². The van der Waals surface area contributed by atoms with Gasteiger partial charge in [-0.15, -0.1) is 0 Å². The van der Waals surface area contributed by atoms with Gasteiger partial charge in [-0.25, -0.2) is 24.6 Å². The molecular weight excluding hydrogens is 419 g/mol. The van der Waals surface area contributed by atoms with Gasteiger partial charge < -0.3 is 10.5 Å². The molecule has 2 heterocycles. The standard InChI is InChI=1S/C26H23FN4O2/c27-26-20-13-18(9-10-21(20)30-31-26)25(19-14-28-22(29-15-19)11-12-23(32)33)24(17-7-4-8-17)16-5-2-1-3-6-16/h1-3,5-6,9-15,17,26,30-31H,4,7-8H2,(H,32,33)/b12-11+,25-24+. The number of aliphatic carboxylic acids is 1. The number of nitrogens with zero attached hydrogens (tertiary/aromatic N) is 2. The molecule has 1 fully saturated rings. The van der Waals surface area contributed by atoms with Gasteiger partial charge in [0.05, 0.1) is 5.69 Å². The number of allylic oxidation sites excluding steroid dienone is 1. The summed E-state index contributed by atoms with van der Waals surface area (Å²) in [7, 11) is 0. The summed E-state index contributed by atoms with van der Waals surface area (Å²) in [4.78, 5) is 19.6. The molecule has 2 aliphatic rings. The molecule has 0 saturated heterocycles. The van der Waals surface area contributed by atoms with Crippen LogP contribution in [0.3, 0.4) is 0 Å². The number of halogens is 1. The highest BCUT2D eigenvalue weighted by Crippen LogP contribution is 2.45. The SMILES string of the molecule is O=C(O)/C=C/c1ncc(/C(=C(\c2ccccc2)C2CCC2)c2ccc3c(c2)C(F)NN3)cn1. The first-order valence-corrected chi connectivity index (χ1v) is 10.9. The molecule has 1 unspecified atom stereocenters. The number of hydrazine groups is 1. The summed E-state index contributed by atoms with van der Waals surface area (Å²) in [5.41, 5.74) is 11.8. The highest BCUT2D eigenvalue weighted by atomic mass is 19.1. The molecule has 0 radical (unpaired) electrons. The van der Waals surface area contributed by atoms with Crippen molar-refractivity contribution < 1.29 is 14.3 Å². The van der Waals surface area contributed by atoms with Crippen LogP contribution in [-0.2, 0) is 4.79 Å². The molecule has 3 N–H and O–H groups in total. The maximum atomic E-state index is 14.5. The Labute approximate surface area is 190 Å². The van der Waals surface area contributed by atoms with Gasteiger partial charge in [-0.3, -0.25) is 0 Å². The Morgan fingerprint density at radius 2 is 1.79 bits per heavy atom. The first-order valence-electron chi connectivity index (χ1n) is 10.9. The summed E-state index contributed by atoms with van der Waals surface area (Å²) in [6, 6.07) is 16.0. The van der Waals surface area contributed by atoms with E-state index in [1.807, 2.05) is 36.4 Å². The molecule has 0 amide bonds. The van der Waals surface area contributed by atoms with Crippen LogP contribution in [0.1, 0.15) is 53.6 Å². The van der Waals surface area contributed by atoms with E-state index in [1.165, 1.54) is 18.1 Å². The average Bonchev–Trinajstić information content (AvgIpc) is 3.17. The van der Waals surface area contributed by atoms with Gasteiger partial charge in [0.1, 0.15) is 0 Å². The quantitative estimate of drug-likeness (QED) is 0.275. The van der Waals surface area contributed by atoms with Crippen molar-refractivity contribution in [2.45, 2.75) is 25.6 Å². The van der Waals surface area contributed by atoms with Gasteiger partial charge in [0.15, 0.2) is 12.1 Å². The molecular formula is C26H23FN4O2. The lowest BCUT2D eigenvalue weighted by Crippen LogP contribution is -2.15. The van der Waals surface area contributed by atoms with Crippen LogP contribution >= 0.6 is 0 Å². The Bertz CT molecular complexity index is 1230. The van der Waals surface area contributed by atoms with E-state index < -0.39 is 12.3 Å². The van der Waals surface area contributed by atoms with Gasteiger partial charge in [0, 0.05) is 29.6 Å². The van der Waals surface area contributed by atoms with Gasteiger partial charge >= 0.3 is 5.97 Å². The van der Waals surface area contributed by atoms with E-state index in [-0.39, 0.29) is 0 Å². The zero-order valence-corrected chi connectivity index (χ0v) is 17.8. The predicted octanol–water partition coefficient (Wildman–Crippen LogP) is 5.23. The number of hydrogen-bond acceptors (Lipinski definition) is 5. The largest absolute Gasteiger partial charge is 0.478 e. The molecule has 7 heteroatoms. The number of benzene rings is 2. The van der Waals surface area contributed by atoms with E-state index in [0.717, 1.165) is 46.9 Å². The normalized spacial score (nSPS) is 18.4. The maximum Gasteiger partial charge on any atom is 0.328 e. The van der Waals surface area contributed by atoms with Crippen molar-refractivity contribution in [3.8, 4) is 0 Å². The van der Waals surface area contributed by atoms with Gasteiger partial charge in [-0.05, 0) is 59.2 Å². The van der Waals surface area contributed by atoms with Gasteiger partial charge in [0.25, 0.3) is 0 Å². The number of alkyl halides is 1. The summed E-state index contributed by atoms with van der Waals surface area (Å²) in [6.45, 7) is 0. The van der Waals surface area contributed by atoms with Crippen LogP contribution in [0.15, 0.2) is 67.0 Å². The van der Waals surface area contributed by atoms with Crippen molar-refractivity contribution in [2.24, 2.45) is 5.92 Å².